The number of amides is 1. The Morgan fingerprint density at radius 1 is 1.17 bits per heavy atom. The van der Waals surface area contributed by atoms with E-state index in [-0.39, 0.29) is 23.7 Å². The van der Waals surface area contributed by atoms with E-state index in [4.69, 9.17) is 4.74 Å². The van der Waals surface area contributed by atoms with Gasteiger partial charge in [-0.25, -0.2) is 14.8 Å². The van der Waals surface area contributed by atoms with Gasteiger partial charge in [-0.3, -0.25) is 9.78 Å². The third-order valence-corrected chi connectivity index (χ3v) is 5.99. The fourth-order valence-electron chi connectivity index (χ4n) is 4.32. The van der Waals surface area contributed by atoms with Crippen LogP contribution < -0.4 is 10.5 Å². The molecule has 1 saturated heterocycles. The molecule has 2 atom stereocenters. The molecular formula is C25H29N7O3. The van der Waals surface area contributed by atoms with Crippen LogP contribution in [0.5, 0.6) is 0 Å². The quantitative estimate of drug-likeness (QED) is 0.555. The van der Waals surface area contributed by atoms with Crippen molar-refractivity contribution in [3.05, 3.63) is 46.8 Å². The molecule has 1 aliphatic heterocycles. The fourth-order valence-corrected chi connectivity index (χ4v) is 4.32. The molecule has 3 aromatic heterocycles. The highest BCUT2D eigenvalue weighted by Gasteiger charge is 2.36. The van der Waals surface area contributed by atoms with Crippen LogP contribution in [0.25, 0.3) is 22.2 Å². The second-order valence-electron chi connectivity index (χ2n) is 9.90. The Labute approximate surface area is 203 Å². The number of aromatic nitrogens is 4. The summed E-state index contributed by atoms with van der Waals surface area (Å²) in [5, 5.41) is 9.69. The van der Waals surface area contributed by atoms with E-state index in [2.05, 4.69) is 21.0 Å². The van der Waals surface area contributed by atoms with Gasteiger partial charge in [0.25, 0.3) is 5.56 Å². The van der Waals surface area contributed by atoms with Crippen molar-refractivity contribution in [2.24, 2.45) is 7.05 Å². The number of rotatable bonds is 2. The van der Waals surface area contributed by atoms with E-state index in [0.717, 1.165) is 0 Å². The number of piperazine rings is 1. The first-order valence-electron chi connectivity index (χ1n) is 11.5. The summed E-state index contributed by atoms with van der Waals surface area (Å²) in [4.78, 5) is 43.2. The van der Waals surface area contributed by atoms with Gasteiger partial charge in [-0.2, -0.15) is 5.26 Å². The molecule has 3 aromatic rings. The Balaban J connectivity index is 1.78. The number of hydrogen-bond donors (Lipinski definition) is 0. The minimum atomic E-state index is -0.584. The van der Waals surface area contributed by atoms with Gasteiger partial charge < -0.3 is 19.1 Å². The summed E-state index contributed by atoms with van der Waals surface area (Å²) >= 11 is 0. The van der Waals surface area contributed by atoms with Crippen molar-refractivity contribution in [3.63, 3.8) is 0 Å². The number of ether oxygens (including phenoxy) is 1. The number of carbonyl (C=O) groups excluding carboxylic acids is 1. The van der Waals surface area contributed by atoms with Crippen LogP contribution in [0.2, 0.25) is 0 Å². The van der Waals surface area contributed by atoms with Crippen molar-refractivity contribution in [1.82, 2.24) is 24.4 Å². The Kier molecular flexibility index (Phi) is 6.19. The molecule has 1 fully saturated rings. The van der Waals surface area contributed by atoms with E-state index in [9.17, 15) is 14.9 Å². The summed E-state index contributed by atoms with van der Waals surface area (Å²) in [6, 6.07) is 5.14. The first kappa shape index (κ1) is 24.1. The molecule has 10 nitrogen and oxygen atoms in total. The van der Waals surface area contributed by atoms with E-state index in [0.29, 0.717) is 46.6 Å². The monoisotopic (exact) mass is 475 g/mol. The topological polar surface area (TPSA) is 117 Å². The zero-order valence-corrected chi connectivity index (χ0v) is 20.8. The minimum absolute atomic E-state index is 0.120. The summed E-state index contributed by atoms with van der Waals surface area (Å²) in [5.74, 6) is 0.511. The van der Waals surface area contributed by atoms with Crippen LogP contribution in [0.3, 0.4) is 0 Å². The molecule has 182 valence electrons. The van der Waals surface area contributed by atoms with Gasteiger partial charge >= 0.3 is 6.09 Å². The van der Waals surface area contributed by atoms with Gasteiger partial charge in [0.05, 0.1) is 22.8 Å². The van der Waals surface area contributed by atoms with E-state index < -0.39 is 5.60 Å². The zero-order chi connectivity index (χ0) is 25.5. The fraction of sp³-hybridized carbons (Fsp3) is 0.440. The average molecular weight is 476 g/mol. The number of carbonyl (C=O) groups is 1. The molecule has 0 aliphatic carbocycles. The summed E-state index contributed by atoms with van der Waals surface area (Å²) in [6.07, 6.45) is 4.32. The van der Waals surface area contributed by atoms with Crippen LogP contribution in [-0.2, 0) is 11.8 Å². The van der Waals surface area contributed by atoms with Crippen LogP contribution in [0.15, 0.2) is 35.6 Å². The number of aryl methyl sites for hydroxylation is 1. The lowest BCUT2D eigenvalue weighted by atomic mass is 10.1. The number of fused-ring (bicyclic) bond motifs is 1. The molecule has 0 aromatic carbocycles. The lowest BCUT2D eigenvalue weighted by Gasteiger charge is -2.44. The van der Waals surface area contributed by atoms with Gasteiger partial charge in [0.15, 0.2) is 0 Å². The highest BCUT2D eigenvalue weighted by atomic mass is 16.6. The van der Waals surface area contributed by atoms with E-state index in [1.165, 1.54) is 10.9 Å². The predicted octanol–water partition coefficient (Wildman–Crippen LogP) is 3.10. The van der Waals surface area contributed by atoms with Crippen LogP contribution in [0.1, 0.15) is 40.2 Å². The molecule has 10 heteroatoms. The van der Waals surface area contributed by atoms with E-state index in [1.807, 2.05) is 39.5 Å². The normalized spacial score (nSPS) is 18.4. The van der Waals surface area contributed by atoms with Crippen LogP contribution >= 0.6 is 0 Å². The lowest BCUT2D eigenvalue weighted by molar-refractivity contribution is 0.0130. The molecule has 4 heterocycles. The molecule has 35 heavy (non-hydrogen) atoms. The van der Waals surface area contributed by atoms with E-state index >= 15 is 0 Å². The minimum Gasteiger partial charge on any atom is -0.444 e. The second kappa shape index (κ2) is 8.98. The van der Waals surface area contributed by atoms with Gasteiger partial charge in [-0.1, -0.05) is 0 Å². The third-order valence-electron chi connectivity index (χ3n) is 5.99. The first-order chi connectivity index (χ1) is 16.5. The van der Waals surface area contributed by atoms with Crippen LogP contribution in [0.4, 0.5) is 10.6 Å². The standard InChI is InChI=1S/C25H29N7O3/c1-15-12-32(24(34)35-25(3,4)5)16(2)11-31(15)22-20-21(28-14-29-22)18(13-30(6)23(20)33)19-9-17(10-26)7-8-27-19/h7-9,13-16H,11-12H2,1-6H3/t15-,16+/m0/s1. The van der Waals surface area contributed by atoms with Crippen molar-refractivity contribution >= 4 is 22.8 Å². The van der Waals surface area contributed by atoms with Gasteiger partial charge in [0.2, 0.25) is 0 Å². The van der Waals surface area contributed by atoms with Crippen LogP contribution in [0, 0.1) is 11.3 Å². The Morgan fingerprint density at radius 2 is 1.91 bits per heavy atom. The molecule has 0 bridgehead atoms. The molecule has 4 rings (SSSR count). The summed E-state index contributed by atoms with van der Waals surface area (Å²) in [5.41, 5.74) is 1.30. The molecule has 0 N–H and O–H groups in total. The SMILES string of the molecule is C[C@@H]1CN(c2ncnc3c(-c4cc(C#N)ccn4)cn(C)c(=O)c23)[C@@H](C)CN1C(=O)OC(C)(C)C. The number of nitriles is 1. The second-order valence-corrected chi connectivity index (χ2v) is 9.90. The van der Waals surface area contributed by atoms with Crippen LogP contribution in [-0.4, -0.2) is 61.3 Å². The Hall–Kier alpha value is -4.00. The number of hydrogen-bond acceptors (Lipinski definition) is 8. The van der Waals surface area contributed by atoms with Crippen molar-refractivity contribution in [3.8, 4) is 17.3 Å². The maximum atomic E-state index is 13.3. The predicted molar refractivity (Wildman–Crippen MR) is 132 cm³/mol. The number of pyridine rings is 2. The average Bonchev–Trinajstić information content (AvgIpc) is 2.81. The highest BCUT2D eigenvalue weighted by molar-refractivity contribution is 5.98. The maximum absolute atomic E-state index is 13.3. The molecule has 0 radical (unpaired) electrons. The maximum Gasteiger partial charge on any atom is 0.410 e. The van der Waals surface area contributed by atoms with Crippen molar-refractivity contribution < 1.29 is 9.53 Å². The molecule has 1 aliphatic rings. The largest absolute Gasteiger partial charge is 0.444 e. The molecular weight excluding hydrogens is 446 g/mol. The Morgan fingerprint density at radius 3 is 2.60 bits per heavy atom. The molecule has 0 spiro atoms. The zero-order valence-electron chi connectivity index (χ0n) is 20.8. The summed E-state index contributed by atoms with van der Waals surface area (Å²) in [6.45, 7) is 10.4. The van der Waals surface area contributed by atoms with Gasteiger partial charge in [0.1, 0.15) is 23.1 Å². The number of nitrogens with zero attached hydrogens (tertiary/aromatic N) is 7. The van der Waals surface area contributed by atoms with Crippen molar-refractivity contribution in [2.45, 2.75) is 52.3 Å². The van der Waals surface area contributed by atoms with Gasteiger partial charge in [0, 0.05) is 50.2 Å². The van der Waals surface area contributed by atoms with Crippen molar-refractivity contribution in [2.75, 3.05) is 18.0 Å². The third kappa shape index (κ3) is 4.67. The van der Waals surface area contributed by atoms with Gasteiger partial charge in [-0.15, -0.1) is 0 Å². The number of anilines is 1. The molecule has 0 saturated carbocycles. The van der Waals surface area contributed by atoms with Crippen molar-refractivity contribution in [1.29, 1.82) is 5.26 Å². The van der Waals surface area contributed by atoms with E-state index in [1.54, 1.807) is 36.5 Å². The first-order valence-corrected chi connectivity index (χ1v) is 11.5. The van der Waals surface area contributed by atoms with Gasteiger partial charge in [-0.05, 0) is 46.8 Å². The Bertz CT molecular complexity index is 1390. The summed E-state index contributed by atoms with van der Waals surface area (Å²) < 4.78 is 7.07. The molecule has 0 unspecified atom stereocenters. The lowest BCUT2D eigenvalue weighted by Crippen LogP contribution is -2.59. The molecule has 1 amide bonds. The smallest absolute Gasteiger partial charge is 0.410 e. The highest BCUT2D eigenvalue weighted by Crippen LogP contribution is 2.31. The summed E-state index contributed by atoms with van der Waals surface area (Å²) in [7, 11) is 1.67.